The second-order valence-electron chi connectivity index (χ2n) is 4.28. The maximum Gasteiger partial charge on any atom is 0.0746 e. The van der Waals surface area contributed by atoms with E-state index in [1.54, 1.807) is 0 Å². The zero-order valence-corrected chi connectivity index (χ0v) is 9.57. The lowest BCUT2D eigenvalue weighted by atomic mass is 10.1. The summed E-state index contributed by atoms with van der Waals surface area (Å²) in [6.07, 6.45) is 2.82. The molecule has 1 aliphatic rings. The van der Waals surface area contributed by atoms with Gasteiger partial charge in [-0.3, -0.25) is 0 Å². The number of hydrogen-bond acceptors (Lipinski definition) is 2. The topological polar surface area (TPSA) is 12.5 Å². The molecule has 2 heteroatoms. The Balaban J connectivity index is 2.06. The molecule has 15 heavy (non-hydrogen) atoms. The van der Waals surface area contributed by atoms with E-state index in [0.717, 1.165) is 13.1 Å². The summed E-state index contributed by atoms with van der Waals surface area (Å²) in [7, 11) is 1.81. The highest BCUT2D eigenvalue weighted by Gasteiger charge is 2.19. The van der Waals surface area contributed by atoms with Crippen LogP contribution in [0.25, 0.3) is 0 Å². The number of anilines is 1. The van der Waals surface area contributed by atoms with E-state index in [1.807, 2.05) is 7.11 Å². The molecule has 2 rings (SSSR count). The molecule has 2 nitrogen and oxygen atoms in total. The Kier molecular flexibility index (Phi) is 3.27. The van der Waals surface area contributed by atoms with Gasteiger partial charge in [0, 0.05) is 25.9 Å². The highest BCUT2D eigenvalue weighted by Crippen LogP contribution is 2.21. The van der Waals surface area contributed by atoms with Crippen LogP contribution in [-0.2, 0) is 4.74 Å². The highest BCUT2D eigenvalue weighted by molar-refractivity contribution is 5.47. The standard InChI is InChI=1S/C13H19NO/c1-11-5-7-12(8-6-11)14-9-3-4-13(10-14)15-2/h5-8,13H,3-4,9-10H2,1-2H3. The average molecular weight is 205 g/mol. The van der Waals surface area contributed by atoms with E-state index in [4.69, 9.17) is 4.74 Å². The normalized spacial score (nSPS) is 21.7. The molecule has 1 aromatic rings. The van der Waals surface area contributed by atoms with Crippen LogP contribution < -0.4 is 4.90 Å². The van der Waals surface area contributed by atoms with Gasteiger partial charge in [0.05, 0.1) is 6.10 Å². The van der Waals surface area contributed by atoms with Gasteiger partial charge < -0.3 is 9.64 Å². The monoisotopic (exact) mass is 205 g/mol. The lowest BCUT2D eigenvalue weighted by molar-refractivity contribution is 0.0893. The van der Waals surface area contributed by atoms with E-state index in [-0.39, 0.29) is 0 Å². The van der Waals surface area contributed by atoms with Gasteiger partial charge in [-0.05, 0) is 31.9 Å². The van der Waals surface area contributed by atoms with E-state index in [0.29, 0.717) is 6.10 Å². The lowest BCUT2D eigenvalue weighted by Gasteiger charge is -2.33. The fraction of sp³-hybridized carbons (Fsp3) is 0.538. The largest absolute Gasteiger partial charge is 0.380 e. The molecule has 1 atom stereocenters. The summed E-state index contributed by atoms with van der Waals surface area (Å²) in [6, 6.07) is 8.75. The molecule has 0 saturated carbocycles. The summed E-state index contributed by atoms with van der Waals surface area (Å²) >= 11 is 0. The molecule has 1 saturated heterocycles. The van der Waals surface area contributed by atoms with E-state index in [2.05, 4.69) is 36.1 Å². The third kappa shape index (κ3) is 2.51. The minimum absolute atomic E-state index is 0.403. The molecule has 0 N–H and O–H groups in total. The second-order valence-corrected chi connectivity index (χ2v) is 4.28. The van der Waals surface area contributed by atoms with Crippen LogP contribution in [0.5, 0.6) is 0 Å². The first kappa shape index (κ1) is 10.5. The first-order valence-electron chi connectivity index (χ1n) is 5.64. The van der Waals surface area contributed by atoms with Crippen LogP contribution >= 0.6 is 0 Å². The molecule has 82 valence electrons. The summed E-state index contributed by atoms with van der Waals surface area (Å²) in [6.45, 7) is 4.31. The predicted molar refractivity (Wildman–Crippen MR) is 63.4 cm³/mol. The Bertz CT molecular complexity index is 307. The zero-order valence-electron chi connectivity index (χ0n) is 9.57. The Morgan fingerprint density at radius 2 is 2.00 bits per heavy atom. The van der Waals surface area contributed by atoms with Crippen LogP contribution in [0, 0.1) is 6.92 Å². The van der Waals surface area contributed by atoms with Crippen LogP contribution in [0.2, 0.25) is 0 Å². The minimum Gasteiger partial charge on any atom is -0.380 e. The van der Waals surface area contributed by atoms with E-state index >= 15 is 0 Å². The van der Waals surface area contributed by atoms with Crippen molar-refractivity contribution in [2.45, 2.75) is 25.9 Å². The third-order valence-electron chi connectivity index (χ3n) is 3.11. The van der Waals surface area contributed by atoms with Crippen molar-refractivity contribution in [1.29, 1.82) is 0 Å². The Morgan fingerprint density at radius 1 is 1.27 bits per heavy atom. The summed E-state index contributed by atoms with van der Waals surface area (Å²) < 4.78 is 5.42. The fourth-order valence-electron chi connectivity index (χ4n) is 2.12. The third-order valence-corrected chi connectivity index (χ3v) is 3.11. The van der Waals surface area contributed by atoms with Gasteiger partial charge in [0.2, 0.25) is 0 Å². The van der Waals surface area contributed by atoms with Crippen molar-refractivity contribution in [3.8, 4) is 0 Å². The maximum atomic E-state index is 5.42. The van der Waals surface area contributed by atoms with Crippen molar-refractivity contribution in [3.05, 3.63) is 29.8 Å². The molecule has 1 unspecified atom stereocenters. The number of nitrogens with zero attached hydrogens (tertiary/aromatic N) is 1. The summed E-state index contributed by atoms with van der Waals surface area (Å²) in [5.41, 5.74) is 2.64. The highest BCUT2D eigenvalue weighted by atomic mass is 16.5. The molecule has 1 aliphatic heterocycles. The summed E-state index contributed by atoms with van der Waals surface area (Å²) in [4.78, 5) is 2.41. The maximum absolute atomic E-state index is 5.42. The Morgan fingerprint density at radius 3 is 2.67 bits per heavy atom. The van der Waals surface area contributed by atoms with Crippen molar-refractivity contribution in [1.82, 2.24) is 0 Å². The first-order valence-corrected chi connectivity index (χ1v) is 5.64. The SMILES string of the molecule is COC1CCCN(c2ccc(C)cc2)C1. The molecule has 1 heterocycles. The molecule has 0 aromatic heterocycles. The number of rotatable bonds is 2. The molecule has 0 radical (unpaired) electrons. The van der Waals surface area contributed by atoms with Crippen LogP contribution in [0.3, 0.4) is 0 Å². The van der Waals surface area contributed by atoms with Crippen molar-refractivity contribution in [3.63, 3.8) is 0 Å². The van der Waals surface area contributed by atoms with Crippen LogP contribution in [-0.4, -0.2) is 26.3 Å². The quantitative estimate of drug-likeness (QED) is 0.736. The molecule has 1 aromatic carbocycles. The summed E-state index contributed by atoms with van der Waals surface area (Å²) in [5.74, 6) is 0. The van der Waals surface area contributed by atoms with Crippen LogP contribution in [0.1, 0.15) is 18.4 Å². The number of methoxy groups -OCH3 is 1. The molecule has 0 bridgehead atoms. The van der Waals surface area contributed by atoms with Gasteiger partial charge >= 0.3 is 0 Å². The van der Waals surface area contributed by atoms with Crippen molar-refractivity contribution >= 4 is 5.69 Å². The molecule has 1 fully saturated rings. The lowest BCUT2D eigenvalue weighted by Crippen LogP contribution is -2.39. The van der Waals surface area contributed by atoms with Crippen LogP contribution in [0.15, 0.2) is 24.3 Å². The number of ether oxygens (including phenoxy) is 1. The Hall–Kier alpha value is -1.02. The first-order chi connectivity index (χ1) is 7.29. The van der Waals surface area contributed by atoms with Crippen LogP contribution in [0.4, 0.5) is 5.69 Å². The van der Waals surface area contributed by atoms with E-state index in [1.165, 1.54) is 24.1 Å². The van der Waals surface area contributed by atoms with Gasteiger partial charge in [-0.2, -0.15) is 0 Å². The summed E-state index contributed by atoms with van der Waals surface area (Å²) in [5, 5.41) is 0. The number of benzene rings is 1. The fourth-order valence-corrected chi connectivity index (χ4v) is 2.12. The molecular weight excluding hydrogens is 186 g/mol. The number of piperidine rings is 1. The predicted octanol–water partition coefficient (Wildman–Crippen LogP) is 2.61. The van der Waals surface area contributed by atoms with Gasteiger partial charge in [-0.1, -0.05) is 17.7 Å². The smallest absolute Gasteiger partial charge is 0.0746 e. The Labute approximate surface area is 91.9 Å². The van der Waals surface area contributed by atoms with E-state index in [9.17, 15) is 0 Å². The average Bonchev–Trinajstić information content (AvgIpc) is 2.30. The van der Waals surface area contributed by atoms with Crippen molar-refractivity contribution in [2.75, 3.05) is 25.1 Å². The number of aryl methyl sites for hydroxylation is 1. The minimum atomic E-state index is 0.403. The number of hydrogen-bond donors (Lipinski definition) is 0. The van der Waals surface area contributed by atoms with Gasteiger partial charge in [0.1, 0.15) is 0 Å². The molecular formula is C13H19NO. The van der Waals surface area contributed by atoms with Gasteiger partial charge in [-0.25, -0.2) is 0 Å². The van der Waals surface area contributed by atoms with Gasteiger partial charge in [0.15, 0.2) is 0 Å². The van der Waals surface area contributed by atoms with Crippen molar-refractivity contribution < 1.29 is 4.74 Å². The second kappa shape index (κ2) is 4.67. The molecule has 0 amide bonds. The zero-order chi connectivity index (χ0) is 10.7. The van der Waals surface area contributed by atoms with E-state index < -0.39 is 0 Å². The van der Waals surface area contributed by atoms with Gasteiger partial charge in [0.25, 0.3) is 0 Å². The molecule has 0 spiro atoms. The van der Waals surface area contributed by atoms with Crippen molar-refractivity contribution in [2.24, 2.45) is 0 Å². The molecule has 0 aliphatic carbocycles. The van der Waals surface area contributed by atoms with Gasteiger partial charge in [-0.15, -0.1) is 0 Å².